The molecule has 7 heteroatoms. The lowest BCUT2D eigenvalue weighted by Gasteiger charge is -2.23. The first-order chi connectivity index (χ1) is 8.41. The molecule has 0 spiro atoms. The molecule has 2 rings (SSSR count). The first-order valence-corrected chi connectivity index (χ1v) is 6.97. The number of nitrogens with zero attached hydrogens (tertiary/aromatic N) is 1. The van der Waals surface area contributed by atoms with Crippen LogP contribution < -0.4 is 0 Å². The van der Waals surface area contributed by atoms with Gasteiger partial charge in [-0.15, -0.1) is 11.3 Å². The summed E-state index contributed by atoms with van der Waals surface area (Å²) >= 11 is 12.9. The summed E-state index contributed by atoms with van der Waals surface area (Å²) in [5.41, 5.74) is 0.351. The van der Waals surface area contributed by atoms with Crippen LogP contribution in [0.1, 0.15) is 23.7 Å². The molecule has 1 N–H and O–H groups in total. The van der Waals surface area contributed by atoms with Crippen molar-refractivity contribution in [3.05, 3.63) is 20.3 Å². The van der Waals surface area contributed by atoms with Crippen LogP contribution in [-0.4, -0.2) is 34.5 Å². The second kappa shape index (κ2) is 5.07. The second-order valence-corrected chi connectivity index (χ2v) is 6.50. The minimum absolute atomic E-state index is 0.251. The van der Waals surface area contributed by atoms with E-state index in [4.69, 9.17) is 28.3 Å². The maximum absolute atomic E-state index is 12.3. The zero-order valence-corrected chi connectivity index (χ0v) is 11.8. The van der Waals surface area contributed by atoms with Crippen molar-refractivity contribution >= 4 is 46.4 Å². The Bertz CT molecular complexity index is 502. The fraction of sp³-hybridized carbons (Fsp3) is 0.455. The lowest BCUT2D eigenvalue weighted by Crippen LogP contribution is -2.37. The molecule has 4 nitrogen and oxygen atoms in total. The van der Waals surface area contributed by atoms with Crippen LogP contribution in [0.3, 0.4) is 0 Å². The van der Waals surface area contributed by atoms with Crippen LogP contribution in [0.4, 0.5) is 0 Å². The monoisotopic (exact) mass is 307 g/mol. The van der Waals surface area contributed by atoms with Gasteiger partial charge in [-0.25, -0.2) is 0 Å². The first kappa shape index (κ1) is 13.6. The molecule has 1 amide bonds. The van der Waals surface area contributed by atoms with Crippen LogP contribution in [0, 0.1) is 5.92 Å². The predicted octanol–water partition coefficient (Wildman–Crippen LogP) is 2.99. The Balaban J connectivity index is 2.21. The molecule has 0 saturated carbocycles. The van der Waals surface area contributed by atoms with Crippen molar-refractivity contribution in [2.45, 2.75) is 19.4 Å². The number of carboxylic acid groups (broad SMARTS) is 1. The van der Waals surface area contributed by atoms with Crippen LogP contribution in [-0.2, 0) is 4.79 Å². The van der Waals surface area contributed by atoms with Crippen LogP contribution in [0.2, 0.25) is 8.67 Å². The molecule has 0 bridgehead atoms. The largest absolute Gasteiger partial charge is 0.481 e. The molecule has 2 unspecified atom stereocenters. The average molecular weight is 308 g/mol. The van der Waals surface area contributed by atoms with E-state index in [1.165, 1.54) is 6.07 Å². The molecule has 0 aliphatic carbocycles. The highest BCUT2D eigenvalue weighted by atomic mass is 35.5. The predicted molar refractivity (Wildman–Crippen MR) is 70.6 cm³/mol. The number of hydrogen-bond acceptors (Lipinski definition) is 3. The van der Waals surface area contributed by atoms with Crippen molar-refractivity contribution in [1.82, 2.24) is 4.90 Å². The van der Waals surface area contributed by atoms with Gasteiger partial charge < -0.3 is 10.0 Å². The van der Waals surface area contributed by atoms with Gasteiger partial charge in [0.15, 0.2) is 0 Å². The Morgan fingerprint density at radius 3 is 2.61 bits per heavy atom. The SMILES string of the molecule is CC1C(C(=O)O)CCN1C(=O)c1cc(Cl)sc1Cl. The third-order valence-electron chi connectivity index (χ3n) is 3.22. The highest BCUT2D eigenvalue weighted by molar-refractivity contribution is 7.20. The Morgan fingerprint density at radius 1 is 1.50 bits per heavy atom. The zero-order valence-electron chi connectivity index (χ0n) is 9.52. The van der Waals surface area contributed by atoms with E-state index in [9.17, 15) is 9.59 Å². The highest BCUT2D eigenvalue weighted by Crippen LogP contribution is 2.34. The van der Waals surface area contributed by atoms with E-state index in [2.05, 4.69) is 0 Å². The van der Waals surface area contributed by atoms with E-state index in [0.717, 1.165) is 11.3 Å². The van der Waals surface area contributed by atoms with E-state index in [1.54, 1.807) is 11.8 Å². The van der Waals surface area contributed by atoms with Gasteiger partial charge >= 0.3 is 5.97 Å². The van der Waals surface area contributed by atoms with Crippen molar-refractivity contribution in [3.63, 3.8) is 0 Å². The van der Waals surface area contributed by atoms with E-state index < -0.39 is 11.9 Å². The van der Waals surface area contributed by atoms with Gasteiger partial charge in [-0.1, -0.05) is 23.2 Å². The fourth-order valence-corrected chi connectivity index (χ4v) is 3.65. The number of thiophene rings is 1. The molecule has 1 aliphatic rings. The summed E-state index contributed by atoms with van der Waals surface area (Å²) in [6.45, 7) is 2.17. The molecule has 18 heavy (non-hydrogen) atoms. The van der Waals surface area contributed by atoms with Crippen molar-refractivity contribution in [1.29, 1.82) is 0 Å². The van der Waals surface area contributed by atoms with Gasteiger partial charge in [-0.05, 0) is 19.4 Å². The van der Waals surface area contributed by atoms with Gasteiger partial charge in [-0.2, -0.15) is 0 Å². The minimum Gasteiger partial charge on any atom is -0.481 e. The van der Waals surface area contributed by atoms with Crippen molar-refractivity contribution < 1.29 is 14.7 Å². The molecule has 2 atom stereocenters. The molecule has 0 aromatic carbocycles. The Morgan fingerprint density at radius 2 is 2.17 bits per heavy atom. The number of aliphatic carboxylic acids is 1. The van der Waals surface area contributed by atoms with E-state index in [0.29, 0.717) is 27.2 Å². The summed E-state index contributed by atoms with van der Waals surface area (Å²) in [5, 5.41) is 9.03. The summed E-state index contributed by atoms with van der Waals surface area (Å²) < 4.78 is 0.793. The molecular weight excluding hydrogens is 297 g/mol. The number of carbonyl (C=O) groups is 2. The lowest BCUT2D eigenvalue weighted by atomic mass is 10.0. The number of rotatable bonds is 2. The van der Waals surface area contributed by atoms with E-state index in [-0.39, 0.29) is 11.9 Å². The van der Waals surface area contributed by atoms with Crippen LogP contribution in [0.15, 0.2) is 6.07 Å². The van der Waals surface area contributed by atoms with Gasteiger partial charge in [0.2, 0.25) is 0 Å². The van der Waals surface area contributed by atoms with E-state index >= 15 is 0 Å². The number of hydrogen-bond donors (Lipinski definition) is 1. The zero-order chi connectivity index (χ0) is 13.4. The molecule has 98 valence electrons. The van der Waals surface area contributed by atoms with Crippen molar-refractivity contribution in [3.8, 4) is 0 Å². The van der Waals surface area contributed by atoms with Crippen LogP contribution >= 0.6 is 34.5 Å². The van der Waals surface area contributed by atoms with Gasteiger partial charge in [0, 0.05) is 12.6 Å². The first-order valence-electron chi connectivity index (χ1n) is 5.40. The lowest BCUT2D eigenvalue weighted by molar-refractivity contribution is -0.142. The summed E-state index contributed by atoms with van der Waals surface area (Å²) in [5.74, 6) is -1.63. The van der Waals surface area contributed by atoms with Crippen LogP contribution in [0.5, 0.6) is 0 Å². The topological polar surface area (TPSA) is 57.6 Å². The molecule has 1 aromatic heterocycles. The third-order valence-corrected chi connectivity index (χ3v) is 4.71. The summed E-state index contributed by atoms with van der Waals surface area (Å²) in [6.07, 6.45) is 0.470. The van der Waals surface area contributed by atoms with Crippen molar-refractivity contribution in [2.75, 3.05) is 6.54 Å². The summed E-state index contributed by atoms with van der Waals surface area (Å²) in [4.78, 5) is 24.8. The molecular formula is C11H11Cl2NO3S. The third kappa shape index (κ3) is 2.35. The quantitative estimate of drug-likeness (QED) is 0.914. The number of likely N-dealkylation sites (tertiary alicyclic amines) is 1. The van der Waals surface area contributed by atoms with Gasteiger partial charge in [0.05, 0.1) is 15.8 Å². The number of carbonyl (C=O) groups excluding carboxylic acids is 1. The van der Waals surface area contributed by atoms with Gasteiger partial charge in [-0.3, -0.25) is 9.59 Å². The number of amides is 1. The van der Waals surface area contributed by atoms with Gasteiger partial charge in [0.25, 0.3) is 5.91 Å². The Labute approximate surface area is 118 Å². The van der Waals surface area contributed by atoms with E-state index in [1.807, 2.05) is 0 Å². The summed E-state index contributed by atoms with van der Waals surface area (Å²) in [7, 11) is 0. The molecule has 1 aliphatic heterocycles. The highest BCUT2D eigenvalue weighted by Gasteiger charge is 2.39. The molecule has 1 saturated heterocycles. The fourth-order valence-electron chi connectivity index (χ4n) is 2.20. The smallest absolute Gasteiger partial charge is 0.308 e. The second-order valence-electron chi connectivity index (χ2n) is 4.21. The maximum atomic E-state index is 12.3. The molecule has 1 aromatic rings. The van der Waals surface area contributed by atoms with Crippen LogP contribution in [0.25, 0.3) is 0 Å². The average Bonchev–Trinajstić information content (AvgIpc) is 2.81. The molecule has 2 heterocycles. The minimum atomic E-state index is -0.868. The standard InChI is InChI=1S/C11H11Cl2NO3S/c1-5-6(11(16)17)2-3-14(5)10(15)7-4-8(12)18-9(7)13/h4-6H,2-3H2,1H3,(H,16,17). The number of carboxylic acids is 1. The Hall–Kier alpha value is -0.780. The maximum Gasteiger partial charge on any atom is 0.308 e. The molecule has 0 radical (unpaired) electrons. The van der Waals surface area contributed by atoms with Crippen molar-refractivity contribution in [2.24, 2.45) is 5.92 Å². The molecule has 1 fully saturated rings. The normalized spacial score (nSPS) is 23.4. The Kier molecular flexibility index (Phi) is 3.84. The number of halogens is 2. The summed E-state index contributed by atoms with van der Waals surface area (Å²) in [6, 6.07) is 1.20. The van der Waals surface area contributed by atoms with Gasteiger partial charge in [0.1, 0.15) is 4.34 Å².